The molecule has 1 fully saturated rings. The van der Waals surface area contributed by atoms with Crippen LogP contribution in [0.4, 0.5) is 26.3 Å². The van der Waals surface area contributed by atoms with Gasteiger partial charge in [-0.1, -0.05) is 0 Å². The molecule has 29 heavy (non-hydrogen) atoms. The summed E-state index contributed by atoms with van der Waals surface area (Å²) < 4.78 is 86.0. The van der Waals surface area contributed by atoms with Gasteiger partial charge in [-0.2, -0.15) is 13.2 Å². The Kier molecular flexibility index (Phi) is 5.37. The molecule has 2 aromatic rings. The molecule has 2 aromatic heterocycles. The van der Waals surface area contributed by atoms with Gasteiger partial charge in [0.05, 0.1) is 11.9 Å². The van der Waals surface area contributed by atoms with Crippen molar-refractivity contribution in [2.24, 2.45) is 4.99 Å². The molecule has 0 aliphatic heterocycles. The molecule has 156 valence electrons. The van der Waals surface area contributed by atoms with E-state index in [1.54, 1.807) is 0 Å². The number of nitrogens with zero attached hydrogens (tertiary/aromatic N) is 5. The monoisotopic (exact) mass is 419 g/mol. The highest BCUT2D eigenvalue weighted by molar-refractivity contribution is 5.63. The molecule has 1 aliphatic rings. The zero-order valence-corrected chi connectivity index (χ0v) is 15.0. The molecule has 0 radical (unpaired) electrons. The third-order valence-corrected chi connectivity index (χ3v) is 4.58. The fourth-order valence-electron chi connectivity index (χ4n) is 2.78. The summed E-state index contributed by atoms with van der Waals surface area (Å²) in [4.78, 5) is 7.20. The summed E-state index contributed by atoms with van der Waals surface area (Å²) in [6.07, 6.45) is -4.76. The van der Waals surface area contributed by atoms with Crippen LogP contribution in [-0.4, -0.2) is 38.1 Å². The highest BCUT2D eigenvalue weighted by Crippen LogP contribution is 2.49. The first-order chi connectivity index (χ1) is 13.6. The molecular weight excluding hydrogens is 404 g/mol. The van der Waals surface area contributed by atoms with Crippen molar-refractivity contribution >= 4 is 17.9 Å². The Balaban J connectivity index is 1.93. The van der Waals surface area contributed by atoms with Crippen LogP contribution in [-0.2, 0) is 4.74 Å². The van der Waals surface area contributed by atoms with Crippen molar-refractivity contribution < 1.29 is 31.1 Å². The van der Waals surface area contributed by atoms with Crippen molar-refractivity contribution in [3.8, 4) is 0 Å². The van der Waals surface area contributed by atoms with Crippen LogP contribution in [0.2, 0.25) is 0 Å². The lowest BCUT2D eigenvalue weighted by molar-refractivity contribution is -0.292. The summed E-state index contributed by atoms with van der Waals surface area (Å²) in [6, 6.07) is 0. The smallest absolute Gasteiger partial charge is 0.428 e. The largest absolute Gasteiger partial charge is 0.459 e. The first kappa shape index (κ1) is 20.8. The first-order valence-electron chi connectivity index (χ1n) is 8.38. The van der Waals surface area contributed by atoms with Gasteiger partial charge in [-0.15, -0.1) is 10.2 Å². The highest BCUT2D eigenvalue weighted by Gasteiger charge is 2.61. The van der Waals surface area contributed by atoms with E-state index < -0.39 is 35.7 Å². The zero-order chi connectivity index (χ0) is 21.4. The standard InChI is InChI=1S/C17H15F6N5O/c1-9(11-8-28-12(7-25-11)26-27-14(28)13(19)20)6-10(18)15(24-2)29-16(4-3-5-16)17(21,22)23/h6-8,13H,2-5H2,1H3/b9-6+,15-10-. The Hall–Kier alpha value is -2.92. The van der Waals surface area contributed by atoms with E-state index in [4.69, 9.17) is 4.74 Å². The first-order valence-corrected chi connectivity index (χ1v) is 8.38. The number of alkyl halides is 5. The number of hydrogen-bond acceptors (Lipinski definition) is 5. The summed E-state index contributed by atoms with van der Waals surface area (Å²) in [6.45, 7) is 4.46. The molecule has 0 bridgehead atoms. The maximum atomic E-state index is 14.5. The molecule has 1 aliphatic carbocycles. The van der Waals surface area contributed by atoms with Gasteiger partial charge < -0.3 is 4.74 Å². The molecule has 1 saturated carbocycles. The normalized spacial score (nSPS) is 17.9. The second kappa shape index (κ2) is 7.48. The van der Waals surface area contributed by atoms with Crippen molar-refractivity contribution in [1.82, 2.24) is 19.6 Å². The Morgan fingerprint density at radius 3 is 2.55 bits per heavy atom. The van der Waals surface area contributed by atoms with Gasteiger partial charge in [-0.3, -0.25) is 9.38 Å². The van der Waals surface area contributed by atoms with Crippen molar-refractivity contribution in [3.63, 3.8) is 0 Å². The number of rotatable bonds is 6. The second-order valence-corrected chi connectivity index (χ2v) is 6.45. The molecule has 3 rings (SSSR count). The number of aliphatic imine (C=N–C) groups is 1. The minimum atomic E-state index is -4.69. The van der Waals surface area contributed by atoms with Gasteiger partial charge in [0.1, 0.15) is 0 Å². The van der Waals surface area contributed by atoms with Crippen molar-refractivity contribution in [2.45, 2.75) is 44.4 Å². The zero-order valence-electron chi connectivity index (χ0n) is 15.0. The Morgan fingerprint density at radius 1 is 1.34 bits per heavy atom. The SMILES string of the molecule is C=N/C(OC1(C(F)(F)F)CCC1)=C(F)\C=C(/C)c1cn2c(C(F)F)nnc2cn1. The molecule has 0 saturated heterocycles. The minimum Gasteiger partial charge on any atom is -0.459 e. The van der Waals surface area contributed by atoms with Crippen molar-refractivity contribution in [3.05, 3.63) is 41.7 Å². The van der Waals surface area contributed by atoms with E-state index in [2.05, 4.69) is 26.9 Å². The summed E-state index contributed by atoms with van der Waals surface area (Å²) in [5.41, 5.74) is -2.24. The second-order valence-electron chi connectivity index (χ2n) is 6.45. The predicted molar refractivity (Wildman–Crippen MR) is 90.8 cm³/mol. The van der Waals surface area contributed by atoms with Crippen LogP contribution < -0.4 is 0 Å². The van der Waals surface area contributed by atoms with Gasteiger partial charge in [0.15, 0.2) is 11.5 Å². The van der Waals surface area contributed by atoms with E-state index in [-0.39, 0.29) is 36.2 Å². The van der Waals surface area contributed by atoms with E-state index in [9.17, 15) is 26.3 Å². The summed E-state index contributed by atoms with van der Waals surface area (Å²) in [5.74, 6) is -2.73. The summed E-state index contributed by atoms with van der Waals surface area (Å²) in [7, 11) is 0. The van der Waals surface area contributed by atoms with E-state index in [1.807, 2.05) is 0 Å². The quantitative estimate of drug-likeness (QED) is 0.292. The van der Waals surface area contributed by atoms with Crippen molar-refractivity contribution in [1.29, 1.82) is 0 Å². The molecule has 2 heterocycles. The van der Waals surface area contributed by atoms with E-state index >= 15 is 0 Å². The Labute approximate surface area is 160 Å². The van der Waals surface area contributed by atoms with E-state index in [1.165, 1.54) is 13.1 Å². The molecular formula is C17H15F6N5O. The van der Waals surface area contributed by atoms with Gasteiger partial charge in [-0.05, 0) is 44.6 Å². The maximum Gasteiger partial charge on any atom is 0.428 e. The number of fused-ring (bicyclic) bond motifs is 1. The molecule has 0 atom stereocenters. The van der Waals surface area contributed by atoms with E-state index in [0.29, 0.717) is 0 Å². The number of halogens is 6. The van der Waals surface area contributed by atoms with Gasteiger partial charge in [0.25, 0.3) is 12.3 Å². The number of aromatic nitrogens is 4. The summed E-state index contributed by atoms with van der Waals surface area (Å²) >= 11 is 0. The molecule has 0 amide bonds. The Morgan fingerprint density at radius 2 is 2.03 bits per heavy atom. The highest BCUT2D eigenvalue weighted by atomic mass is 19.4. The van der Waals surface area contributed by atoms with Crippen LogP contribution in [0.25, 0.3) is 11.2 Å². The fourth-order valence-corrected chi connectivity index (χ4v) is 2.78. The molecule has 12 heteroatoms. The third-order valence-electron chi connectivity index (χ3n) is 4.58. The van der Waals surface area contributed by atoms with Crippen molar-refractivity contribution in [2.75, 3.05) is 0 Å². The van der Waals surface area contributed by atoms with Crippen LogP contribution in [0.1, 0.15) is 44.1 Å². The number of hydrogen-bond donors (Lipinski definition) is 0. The minimum absolute atomic E-state index is 0.0572. The summed E-state index contributed by atoms with van der Waals surface area (Å²) in [5, 5.41) is 6.89. The van der Waals surface area contributed by atoms with Crippen LogP contribution in [0.3, 0.4) is 0 Å². The lowest BCUT2D eigenvalue weighted by Gasteiger charge is -2.42. The van der Waals surface area contributed by atoms with Crippen LogP contribution in [0, 0.1) is 0 Å². The molecule has 0 N–H and O–H groups in total. The average molecular weight is 419 g/mol. The molecule has 0 spiro atoms. The average Bonchev–Trinajstić information content (AvgIpc) is 3.03. The van der Waals surface area contributed by atoms with Gasteiger partial charge in [0, 0.05) is 6.20 Å². The maximum absolute atomic E-state index is 14.5. The fraction of sp³-hybridized carbons (Fsp3) is 0.412. The third kappa shape index (κ3) is 3.83. The molecule has 0 unspecified atom stereocenters. The van der Waals surface area contributed by atoms with Crippen LogP contribution in [0.5, 0.6) is 0 Å². The lowest BCUT2D eigenvalue weighted by atomic mass is 9.79. The number of ether oxygens (including phenoxy) is 1. The number of allylic oxidation sites excluding steroid dienone is 3. The van der Waals surface area contributed by atoms with Crippen LogP contribution >= 0.6 is 0 Å². The Bertz CT molecular complexity index is 990. The predicted octanol–water partition coefficient (Wildman–Crippen LogP) is 4.81. The molecule has 0 aromatic carbocycles. The van der Waals surface area contributed by atoms with Gasteiger partial charge in [-0.25, -0.2) is 18.2 Å². The van der Waals surface area contributed by atoms with Gasteiger partial charge >= 0.3 is 6.18 Å². The lowest BCUT2D eigenvalue weighted by Crippen LogP contribution is -2.52. The van der Waals surface area contributed by atoms with E-state index in [0.717, 1.165) is 16.7 Å². The van der Waals surface area contributed by atoms with Crippen LogP contribution in [0.15, 0.2) is 35.2 Å². The van der Waals surface area contributed by atoms with Gasteiger partial charge in [0.2, 0.25) is 11.4 Å². The molecule has 6 nitrogen and oxygen atoms in total. The topological polar surface area (TPSA) is 64.7 Å².